The van der Waals surface area contributed by atoms with Crippen LogP contribution in [0.5, 0.6) is 0 Å². The van der Waals surface area contributed by atoms with Crippen LogP contribution in [0.3, 0.4) is 0 Å². The van der Waals surface area contributed by atoms with Gasteiger partial charge < -0.3 is 26.6 Å². The van der Waals surface area contributed by atoms with E-state index >= 15 is 0 Å². The van der Waals surface area contributed by atoms with Crippen LogP contribution in [0.15, 0.2) is 59.1 Å². The highest BCUT2D eigenvalue weighted by Gasteiger charge is 2.14. The summed E-state index contributed by atoms with van der Waals surface area (Å²) >= 11 is 0. The van der Waals surface area contributed by atoms with E-state index in [0.717, 1.165) is 11.0 Å². The Morgan fingerprint density at radius 2 is 1.86 bits per heavy atom. The van der Waals surface area contributed by atoms with Crippen molar-refractivity contribution in [3.8, 4) is 11.3 Å². The van der Waals surface area contributed by atoms with Gasteiger partial charge in [0.1, 0.15) is 17.2 Å². The van der Waals surface area contributed by atoms with Crippen LogP contribution in [0.1, 0.15) is 19.4 Å². The molecule has 0 saturated heterocycles. The molecule has 0 aliphatic heterocycles. The van der Waals surface area contributed by atoms with Crippen molar-refractivity contribution >= 4 is 40.3 Å². The lowest BCUT2D eigenvalue weighted by molar-refractivity contribution is 0.632. The molecule has 2 aromatic heterocycles. The molecule has 0 fully saturated rings. The molecule has 2 aromatic carbocycles. The van der Waals surface area contributed by atoms with Gasteiger partial charge in [-0.15, -0.1) is 0 Å². The number of nitrogens with zero attached hydrogens (tertiary/aromatic N) is 2. The lowest BCUT2D eigenvalue weighted by atomic mass is 10.0. The number of furan rings is 1. The van der Waals surface area contributed by atoms with Crippen molar-refractivity contribution in [2.45, 2.75) is 13.8 Å². The number of fused-ring (bicyclic) bond motifs is 1. The largest absolute Gasteiger partial charge is 0.456 e. The predicted molar refractivity (Wildman–Crippen MR) is 115 cm³/mol. The SMILES string of the molecule is CC.N=Cc1cc(Nc2ccnc(N)n2)cc(-c2cc3ccccc3o2)c1N. The molecule has 0 atom stereocenters. The monoisotopic (exact) mass is 374 g/mol. The molecule has 4 aromatic rings. The van der Waals surface area contributed by atoms with E-state index in [1.54, 1.807) is 18.3 Å². The van der Waals surface area contributed by atoms with Crippen LogP contribution >= 0.6 is 0 Å². The van der Waals surface area contributed by atoms with Crippen LogP contribution in [0.2, 0.25) is 0 Å². The first-order valence-electron chi connectivity index (χ1n) is 8.92. The van der Waals surface area contributed by atoms with Crippen LogP contribution in [-0.4, -0.2) is 16.2 Å². The Morgan fingerprint density at radius 3 is 2.57 bits per heavy atom. The van der Waals surface area contributed by atoms with E-state index < -0.39 is 0 Å². The van der Waals surface area contributed by atoms with Crippen molar-refractivity contribution in [3.63, 3.8) is 0 Å². The summed E-state index contributed by atoms with van der Waals surface area (Å²) in [5.41, 5.74) is 15.1. The Bertz CT molecular complexity index is 1090. The Labute approximate surface area is 162 Å². The summed E-state index contributed by atoms with van der Waals surface area (Å²) in [6.45, 7) is 4.00. The van der Waals surface area contributed by atoms with Crippen molar-refractivity contribution in [3.05, 3.63) is 60.3 Å². The van der Waals surface area contributed by atoms with E-state index in [-0.39, 0.29) is 5.95 Å². The first kappa shape index (κ1) is 18.9. The normalized spacial score (nSPS) is 10.2. The number of hydrogen-bond donors (Lipinski definition) is 4. The first-order valence-corrected chi connectivity index (χ1v) is 8.92. The minimum atomic E-state index is 0.176. The van der Waals surface area contributed by atoms with Crippen molar-refractivity contribution < 1.29 is 4.42 Å². The molecule has 0 aliphatic rings. The fourth-order valence-electron chi connectivity index (χ4n) is 2.78. The number of hydrogen-bond acceptors (Lipinski definition) is 7. The molecular formula is C21H22N6O. The Kier molecular flexibility index (Phi) is 5.55. The van der Waals surface area contributed by atoms with Crippen LogP contribution in [0, 0.1) is 5.41 Å². The zero-order chi connectivity index (χ0) is 20.1. The van der Waals surface area contributed by atoms with Crippen LogP contribution in [0.4, 0.5) is 23.1 Å². The number of nitrogen functional groups attached to an aromatic ring is 2. The van der Waals surface area contributed by atoms with Crippen LogP contribution in [0.25, 0.3) is 22.3 Å². The number of nitrogens with one attached hydrogen (secondary N) is 2. The average Bonchev–Trinajstić information content (AvgIpc) is 3.14. The summed E-state index contributed by atoms with van der Waals surface area (Å²) in [5.74, 6) is 1.36. The van der Waals surface area contributed by atoms with Crippen molar-refractivity contribution in [1.82, 2.24) is 9.97 Å². The molecule has 142 valence electrons. The third-order valence-electron chi connectivity index (χ3n) is 4.01. The molecule has 0 amide bonds. The van der Waals surface area contributed by atoms with Gasteiger partial charge in [0, 0.05) is 34.6 Å². The maximum absolute atomic E-state index is 7.65. The van der Waals surface area contributed by atoms with Crippen molar-refractivity contribution in [2.75, 3.05) is 16.8 Å². The molecule has 6 N–H and O–H groups in total. The van der Waals surface area contributed by atoms with Crippen molar-refractivity contribution in [2.24, 2.45) is 0 Å². The second kappa shape index (κ2) is 8.22. The lowest BCUT2D eigenvalue weighted by Crippen LogP contribution is -2.02. The molecular weight excluding hydrogens is 352 g/mol. The Morgan fingerprint density at radius 1 is 1.07 bits per heavy atom. The first-order chi connectivity index (χ1) is 13.6. The van der Waals surface area contributed by atoms with E-state index in [0.29, 0.717) is 34.1 Å². The predicted octanol–water partition coefficient (Wildman–Crippen LogP) is 4.82. The highest BCUT2D eigenvalue weighted by Crippen LogP contribution is 2.35. The Hall–Kier alpha value is -3.87. The maximum Gasteiger partial charge on any atom is 0.221 e. The molecule has 0 bridgehead atoms. The van der Waals surface area contributed by atoms with Gasteiger partial charge in [-0.05, 0) is 30.3 Å². The highest BCUT2D eigenvalue weighted by molar-refractivity contribution is 5.96. The second-order valence-corrected chi connectivity index (χ2v) is 5.74. The summed E-state index contributed by atoms with van der Waals surface area (Å²) in [4.78, 5) is 8.00. The Balaban J connectivity index is 0.00000109. The molecule has 0 unspecified atom stereocenters. The number of anilines is 4. The number of rotatable bonds is 4. The van der Waals surface area contributed by atoms with Gasteiger partial charge in [-0.3, -0.25) is 0 Å². The van der Waals surface area contributed by atoms with Gasteiger partial charge in [-0.2, -0.15) is 4.98 Å². The number of benzene rings is 2. The van der Waals surface area contributed by atoms with E-state index in [4.69, 9.17) is 21.3 Å². The summed E-state index contributed by atoms with van der Waals surface area (Å²) in [6.07, 6.45) is 2.78. The molecule has 28 heavy (non-hydrogen) atoms. The van der Waals surface area contributed by atoms with Crippen LogP contribution < -0.4 is 16.8 Å². The minimum Gasteiger partial charge on any atom is -0.456 e. The molecule has 4 rings (SSSR count). The lowest BCUT2D eigenvalue weighted by Gasteiger charge is -2.12. The minimum absolute atomic E-state index is 0.176. The van der Waals surface area contributed by atoms with E-state index in [1.165, 1.54) is 6.21 Å². The van der Waals surface area contributed by atoms with E-state index in [2.05, 4.69) is 15.3 Å². The van der Waals surface area contributed by atoms with Gasteiger partial charge in [0.25, 0.3) is 0 Å². The zero-order valence-electron chi connectivity index (χ0n) is 15.7. The standard InChI is InChI=1S/C19H16N6O.C2H6/c20-10-12-7-13(24-17-5-6-23-19(22)25-17)9-14(18(12)21)16-8-11-3-1-2-4-15(11)26-16;1-2/h1-10,20H,21H2,(H3,22,23,24,25);1-2H3. The quantitative estimate of drug-likeness (QED) is 0.299. The summed E-state index contributed by atoms with van der Waals surface area (Å²) in [7, 11) is 0. The smallest absolute Gasteiger partial charge is 0.221 e. The second-order valence-electron chi connectivity index (χ2n) is 5.74. The van der Waals surface area contributed by atoms with E-state index in [9.17, 15) is 0 Å². The molecule has 2 heterocycles. The van der Waals surface area contributed by atoms with Crippen LogP contribution in [-0.2, 0) is 0 Å². The summed E-state index contributed by atoms with van der Waals surface area (Å²) in [5, 5.41) is 11.8. The molecule has 0 aliphatic carbocycles. The van der Waals surface area contributed by atoms with E-state index in [1.807, 2.05) is 50.2 Å². The van der Waals surface area contributed by atoms with Gasteiger partial charge in [-0.25, -0.2) is 4.98 Å². The summed E-state index contributed by atoms with van der Waals surface area (Å²) < 4.78 is 5.93. The highest BCUT2D eigenvalue weighted by atomic mass is 16.3. The van der Waals surface area contributed by atoms with Gasteiger partial charge >= 0.3 is 0 Å². The number of para-hydroxylation sites is 1. The topological polar surface area (TPSA) is 127 Å². The molecule has 0 spiro atoms. The molecule has 7 nitrogen and oxygen atoms in total. The van der Waals surface area contributed by atoms with Gasteiger partial charge in [0.2, 0.25) is 5.95 Å². The fourth-order valence-corrected chi connectivity index (χ4v) is 2.78. The molecule has 0 saturated carbocycles. The van der Waals surface area contributed by atoms with Gasteiger partial charge in [0.15, 0.2) is 0 Å². The number of nitrogens with two attached hydrogens (primary N) is 2. The third kappa shape index (κ3) is 3.78. The fraction of sp³-hybridized carbons (Fsp3) is 0.0952. The summed E-state index contributed by atoms with van der Waals surface area (Å²) in [6, 6.07) is 15.0. The van der Waals surface area contributed by atoms with Gasteiger partial charge in [0.05, 0.1) is 5.69 Å². The number of aromatic nitrogens is 2. The molecule has 7 heteroatoms. The molecule has 0 radical (unpaired) electrons. The van der Waals surface area contributed by atoms with Crippen molar-refractivity contribution in [1.29, 1.82) is 5.41 Å². The maximum atomic E-state index is 7.65. The van der Waals surface area contributed by atoms with Gasteiger partial charge in [-0.1, -0.05) is 32.0 Å². The third-order valence-corrected chi connectivity index (χ3v) is 4.01. The zero-order valence-corrected chi connectivity index (χ0v) is 15.7. The average molecular weight is 374 g/mol.